The Bertz CT molecular complexity index is 1140. The first-order valence-corrected chi connectivity index (χ1v) is 9.20. The molecule has 26 heavy (non-hydrogen) atoms. The van der Waals surface area contributed by atoms with Crippen molar-refractivity contribution in [2.75, 3.05) is 5.32 Å². The molecule has 2 aromatic carbocycles. The second-order valence-electron chi connectivity index (χ2n) is 5.99. The van der Waals surface area contributed by atoms with Crippen molar-refractivity contribution in [1.29, 1.82) is 0 Å². The summed E-state index contributed by atoms with van der Waals surface area (Å²) in [5, 5.41) is 4.36. The van der Waals surface area contributed by atoms with Gasteiger partial charge in [-0.05, 0) is 37.6 Å². The van der Waals surface area contributed by atoms with Crippen LogP contribution in [0.5, 0.6) is 0 Å². The number of nitrogens with zero attached hydrogens (tertiary/aromatic N) is 3. The SMILES string of the molecule is Cc1ccc(Nc2nc3ncn(-c4c(C)cccc4Cl)c(=O)c3s2)cc1. The predicted octanol–water partition coefficient (Wildman–Crippen LogP) is 4.86. The summed E-state index contributed by atoms with van der Waals surface area (Å²) in [7, 11) is 0. The highest BCUT2D eigenvalue weighted by atomic mass is 35.5. The number of nitrogens with one attached hydrogen (secondary N) is 1. The number of rotatable bonds is 3. The number of para-hydroxylation sites is 1. The van der Waals surface area contributed by atoms with Crippen LogP contribution < -0.4 is 10.9 Å². The normalized spacial score (nSPS) is 11.0. The van der Waals surface area contributed by atoms with Gasteiger partial charge >= 0.3 is 0 Å². The van der Waals surface area contributed by atoms with E-state index in [1.807, 2.05) is 50.2 Å². The number of thiazole rings is 1. The lowest BCUT2D eigenvalue weighted by Crippen LogP contribution is -2.19. The standard InChI is InChI=1S/C19H15ClN4OS/c1-11-6-8-13(9-7-11)22-19-23-17-16(26-19)18(25)24(10-21-17)15-12(2)4-3-5-14(15)20/h3-10H,1-2H3,(H,22,23). The molecule has 0 saturated carbocycles. The second-order valence-corrected chi connectivity index (χ2v) is 7.39. The minimum absolute atomic E-state index is 0.180. The fourth-order valence-corrected chi connectivity index (χ4v) is 3.90. The van der Waals surface area contributed by atoms with E-state index in [1.54, 1.807) is 6.07 Å². The molecule has 0 radical (unpaired) electrons. The van der Waals surface area contributed by atoms with Crippen LogP contribution in [0.2, 0.25) is 5.02 Å². The zero-order valence-electron chi connectivity index (χ0n) is 14.2. The molecule has 0 spiro atoms. The molecule has 0 aliphatic heterocycles. The summed E-state index contributed by atoms with van der Waals surface area (Å²) in [6.45, 7) is 3.94. The monoisotopic (exact) mass is 382 g/mol. The Morgan fingerprint density at radius 3 is 2.62 bits per heavy atom. The van der Waals surface area contributed by atoms with E-state index in [1.165, 1.54) is 27.8 Å². The van der Waals surface area contributed by atoms with Crippen molar-refractivity contribution in [3.05, 3.63) is 75.3 Å². The second kappa shape index (κ2) is 6.55. The van der Waals surface area contributed by atoms with Gasteiger partial charge < -0.3 is 5.32 Å². The van der Waals surface area contributed by atoms with E-state index in [2.05, 4.69) is 15.3 Å². The lowest BCUT2D eigenvalue weighted by molar-refractivity contribution is 0.952. The summed E-state index contributed by atoms with van der Waals surface area (Å²) in [6, 6.07) is 13.5. The smallest absolute Gasteiger partial charge is 0.277 e. The lowest BCUT2D eigenvalue weighted by Gasteiger charge is -2.10. The number of aryl methyl sites for hydroxylation is 2. The number of fused-ring (bicyclic) bond motifs is 1. The number of aromatic nitrogens is 3. The fraction of sp³-hybridized carbons (Fsp3) is 0.105. The van der Waals surface area contributed by atoms with Gasteiger partial charge in [0.15, 0.2) is 10.8 Å². The van der Waals surface area contributed by atoms with Crippen LogP contribution >= 0.6 is 22.9 Å². The van der Waals surface area contributed by atoms with Crippen molar-refractivity contribution >= 4 is 44.1 Å². The molecule has 1 N–H and O–H groups in total. The zero-order valence-corrected chi connectivity index (χ0v) is 15.7. The molecule has 0 aliphatic rings. The van der Waals surface area contributed by atoms with E-state index in [0.717, 1.165) is 11.3 Å². The molecule has 0 aliphatic carbocycles. The molecule has 130 valence electrons. The third kappa shape index (κ3) is 2.98. The Labute approximate surface area is 158 Å². The Hall–Kier alpha value is -2.70. The van der Waals surface area contributed by atoms with Gasteiger partial charge in [0.1, 0.15) is 11.0 Å². The van der Waals surface area contributed by atoms with Gasteiger partial charge in [-0.15, -0.1) is 0 Å². The molecular formula is C19H15ClN4OS. The molecule has 4 rings (SSSR count). The van der Waals surface area contributed by atoms with Gasteiger partial charge in [-0.2, -0.15) is 4.98 Å². The molecule has 7 heteroatoms. The maximum absolute atomic E-state index is 13.0. The van der Waals surface area contributed by atoms with Crippen LogP contribution in [-0.4, -0.2) is 14.5 Å². The Morgan fingerprint density at radius 2 is 1.88 bits per heavy atom. The Balaban J connectivity index is 1.79. The first-order valence-electron chi connectivity index (χ1n) is 8.00. The van der Waals surface area contributed by atoms with Crippen LogP contribution in [0.3, 0.4) is 0 Å². The molecule has 5 nitrogen and oxygen atoms in total. The van der Waals surface area contributed by atoms with Crippen LogP contribution in [0.1, 0.15) is 11.1 Å². The summed E-state index contributed by atoms with van der Waals surface area (Å²) in [6.07, 6.45) is 1.48. The van der Waals surface area contributed by atoms with Gasteiger partial charge in [-0.1, -0.05) is 52.8 Å². The number of benzene rings is 2. The highest BCUT2D eigenvalue weighted by Crippen LogP contribution is 2.27. The molecule has 2 heterocycles. The van der Waals surface area contributed by atoms with Gasteiger partial charge in [-0.25, -0.2) is 4.98 Å². The topological polar surface area (TPSA) is 59.8 Å². The predicted molar refractivity (Wildman–Crippen MR) is 107 cm³/mol. The highest BCUT2D eigenvalue weighted by molar-refractivity contribution is 7.22. The summed E-state index contributed by atoms with van der Waals surface area (Å²) < 4.78 is 1.97. The summed E-state index contributed by atoms with van der Waals surface area (Å²) >= 11 is 7.58. The summed E-state index contributed by atoms with van der Waals surface area (Å²) in [5.41, 5.74) is 3.89. The first-order chi connectivity index (χ1) is 12.5. The van der Waals surface area contributed by atoms with Crippen molar-refractivity contribution in [2.24, 2.45) is 0 Å². The Kier molecular flexibility index (Phi) is 4.22. The minimum atomic E-state index is -0.180. The Morgan fingerprint density at radius 1 is 1.12 bits per heavy atom. The third-order valence-corrected chi connectivity index (χ3v) is 5.30. The van der Waals surface area contributed by atoms with E-state index in [9.17, 15) is 4.79 Å². The number of anilines is 2. The summed E-state index contributed by atoms with van der Waals surface area (Å²) in [4.78, 5) is 21.7. The van der Waals surface area contributed by atoms with Crippen molar-refractivity contribution in [3.63, 3.8) is 0 Å². The number of halogens is 1. The molecule has 0 atom stereocenters. The van der Waals surface area contributed by atoms with Crippen LogP contribution in [0.25, 0.3) is 16.0 Å². The van der Waals surface area contributed by atoms with Gasteiger partial charge in [0.05, 0.1) is 10.7 Å². The van der Waals surface area contributed by atoms with Crippen molar-refractivity contribution in [2.45, 2.75) is 13.8 Å². The van der Waals surface area contributed by atoms with Crippen LogP contribution in [0.4, 0.5) is 10.8 Å². The van der Waals surface area contributed by atoms with Crippen molar-refractivity contribution in [3.8, 4) is 5.69 Å². The molecular weight excluding hydrogens is 368 g/mol. The lowest BCUT2D eigenvalue weighted by atomic mass is 10.2. The first kappa shape index (κ1) is 16.8. The van der Waals surface area contributed by atoms with Crippen LogP contribution in [-0.2, 0) is 0 Å². The maximum Gasteiger partial charge on any atom is 0.277 e. The molecule has 0 amide bonds. The van der Waals surface area contributed by atoms with E-state index < -0.39 is 0 Å². The third-order valence-electron chi connectivity index (χ3n) is 4.05. The zero-order chi connectivity index (χ0) is 18.3. The minimum Gasteiger partial charge on any atom is -0.331 e. The van der Waals surface area contributed by atoms with Crippen LogP contribution in [0.15, 0.2) is 53.6 Å². The molecule has 0 bridgehead atoms. The van der Waals surface area contributed by atoms with E-state index in [-0.39, 0.29) is 5.56 Å². The number of hydrogen-bond donors (Lipinski definition) is 1. The largest absolute Gasteiger partial charge is 0.331 e. The van der Waals surface area contributed by atoms with E-state index >= 15 is 0 Å². The summed E-state index contributed by atoms with van der Waals surface area (Å²) in [5.74, 6) is 0. The van der Waals surface area contributed by atoms with Gasteiger partial charge in [0, 0.05) is 5.69 Å². The van der Waals surface area contributed by atoms with Crippen molar-refractivity contribution in [1.82, 2.24) is 14.5 Å². The molecule has 2 aromatic heterocycles. The van der Waals surface area contributed by atoms with E-state index in [4.69, 9.17) is 11.6 Å². The molecule has 0 unspecified atom stereocenters. The van der Waals surface area contributed by atoms with Gasteiger partial charge in [0.25, 0.3) is 5.56 Å². The van der Waals surface area contributed by atoms with Gasteiger partial charge in [-0.3, -0.25) is 9.36 Å². The number of hydrogen-bond acceptors (Lipinski definition) is 5. The molecule has 0 saturated heterocycles. The quantitative estimate of drug-likeness (QED) is 0.550. The van der Waals surface area contributed by atoms with Crippen molar-refractivity contribution < 1.29 is 0 Å². The average Bonchev–Trinajstić information content (AvgIpc) is 3.02. The highest BCUT2D eigenvalue weighted by Gasteiger charge is 2.14. The molecule has 4 aromatic rings. The van der Waals surface area contributed by atoms with E-state index in [0.29, 0.717) is 26.2 Å². The average molecular weight is 383 g/mol. The van der Waals surface area contributed by atoms with Crippen LogP contribution in [0, 0.1) is 13.8 Å². The van der Waals surface area contributed by atoms with Gasteiger partial charge in [0.2, 0.25) is 0 Å². The maximum atomic E-state index is 13.0. The molecule has 0 fully saturated rings. The fourth-order valence-electron chi connectivity index (χ4n) is 2.71.